The summed E-state index contributed by atoms with van der Waals surface area (Å²) in [6.45, 7) is 2.49. The van der Waals surface area contributed by atoms with E-state index in [1.54, 1.807) is 11.8 Å². The van der Waals surface area contributed by atoms with Gasteiger partial charge in [0.05, 0.1) is 5.92 Å². The molecule has 0 saturated carbocycles. The molecule has 0 radical (unpaired) electrons. The fourth-order valence-electron chi connectivity index (χ4n) is 3.40. The van der Waals surface area contributed by atoms with Crippen molar-refractivity contribution in [3.63, 3.8) is 0 Å². The van der Waals surface area contributed by atoms with Crippen molar-refractivity contribution in [1.29, 1.82) is 0 Å². The maximum Gasteiger partial charge on any atom is 0.225 e. The Balaban J connectivity index is 1.42. The van der Waals surface area contributed by atoms with E-state index in [-0.39, 0.29) is 17.7 Å². The summed E-state index contributed by atoms with van der Waals surface area (Å²) < 4.78 is 0. The van der Waals surface area contributed by atoms with Crippen LogP contribution in [0.15, 0.2) is 53.4 Å². The number of amides is 2. The third kappa shape index (κ3) is 7.07. The van der Waals surface area contributed by atoms with Crippen molar-refractivity contribution < 1.29 is 9.59 Å². The second kappa shape index (κ2) is 10.7. The number of hydrogen-bond acceptors (Lipinski definition) is 4. The van der Waals surface area contributed by atoms with Crippen LogP contribution in [0.2, 0.25) is 5.02 Å². The molecule has 0 bridgehead atoms. The summed E-state index contributed by atoms with van der Waals surface area (Å²) in [6.07, 6.45) is 2.32. The number of nitrogens with two attached hydrogens (primary N) is 1. The number of benzene rings is 2. The molecule has 0 spiro atoms. The number of thioether (sulfide) groups is 1. The lowest BCUT2D eigenvalue weighted by atomic mass is 9.97. The highest BCUT2D eigenvalue weighted by Gasteiger charge is 2.23. The van der Waals surface area contributed by atoms with Crippen molar-refractivity contribution in [3.05, 3.63) is 59.1 Å². The van der Waals surface area contributed by atoms with Crippen LogP contribution in [0.1, 0.15) is 24.8 Å². The molecule has 3 N–H and O–H groups in total. The van der Waals surface area contributed by atoms with E-state index in [2.05, 4.69) is 10.2 Å². The zero-order chi connectivity index (χ0) is 20.6. The third-order valence-electron chi connectivity index (χ3n) is 4.96. The number of piperidine rings is 1. The van der Waals surface area contributed by atoms with E-state index in [9.17, 15) is 9.59 Å². The molecule has 1 atom stereocenters. The first-order chi connectivity index (χ1) is 14.0. The number of anilines is 1. The second-order valence-corrected chi connectivity index (χ2v) is 8.88. The first kappa shape index (κ1) is 21.7. The maximum absolute atomic E-state index is 12.2. The van der Waals surface area contributed by atoms with Crippen LogP contribution in [0, 0.1) is 5.92 Å². The Bertz CT molecular complexity index is 827. The third-order valence-corrected chi connectivity index (χ3v) is 6.23. The molecular weight excluding hydrogens is 406 g/mol. The van der Waals surface area contributed by atoms with Gasteiger partial charge in [-0.3, -0.25) is 14.5 Å². The molecule has 1 saturated heterocycles. The van der Waals surface area contributed by atoms with Crippen LogP contribution in [0.25, 0.3) is 0 Å². The average molecular weight is 432 g/mol. The normalized spacial score (nSPS) is 17.1. The van der Waals surface area contributed by atoms with E-state index < -0.39 is 0 Å². The van der Waals surface area contributed by atoms with Crippen LogP contribution in [0.3, 0.4) is 0 Å². The summed E-state index contributed by atoms with van der Waals surface area (Å²) in [5.41, 5.74) is 7.40. The zero-order valence-electron chi connectivity index (χ0n) is 16.3. The zero-order valence-corrected chi connectivity index (χ0v) is 17.8. The molecule has 29 heavy (non-hydrogen) atoms. The molecule has 154 valence electrons. The van der Waals surface area contributed by atoms with Gasteiger partial charge in [-0.25, -0.2) is 0 Å². The molecule has 1 aliphatic rings. The van der Waals surface area contributed by atoms with E-state index in [1.807, 2.05) is 48.5 Å². The van der Waals surface area contributed by atoms with Gasteiger partial charge >= 0.3 is 0 Å². The van der Waals surface area contributed by atoms with Gasteiger partial charge in [-0.05, 0) is 61.3 Å². The summed E-state index contributed by atoms with van der Waals surface area (Å²) in [7, 11) is 0. The lowest BCUT2D eigenvalue weighted by molar-refractivity contribution is -0.123. The topological polar surface area (TPSA) is 75.4 Å². The van der Waals surface area contributed by atoms with Gasteiger partial charge in [-0.1, -0.05) is 23.7 Å². The fraction of sp³-hybridized carbons (Fsp3) is 0.364. The van der Waals surface area contributed by atoms with E-state index >= 15 is 0 Å². The number of halogens is 1. The number of carbonyl (C=O) groups is 2. The van der Waals surface area contributed by atoms with E-state index in [0.717, 1.165) is 48.6 Å². The number of nitrogens with zero attached hydrogens (tertiary/aromatic N) is 1. The smallest absolute Gasteiger partial charge is 0.225 e. The van der Waals surface area contributed by atoms with Crippen molar-refractivity contribution in [2.45, 2.75) is 30.7 Å². The van der Waals surface area contributed by atoms with Crippen molar-refractivity contribution in [1.82, 2.24) is 4.90 Å². The summed E-state index contributed by atoms with van der Waals surface area (Å²) in [5.74, 6) is 0.455. The van der Waals surface area contributed by atoms with Gasteiger partial charge in [-0.2, -0.15) is 0 Å². The Kier molecular flexibility index (Phi) is 7.98. The largest absolute Gasteiger partial charge is 0.369 e. The van der Waals surface area contributed by atoms with Gasteiger partial charge in [0.2, 0.25) is 11.8 Å². The number of hydrogen-bond donors (Lipinski definition) is 2. The van der Waals surface area contributed by atoms with E-state index in [4.69, 9.17) is 17.3 Å². The first-order valence-corrected chi connectivity index (χ1v) is 11.1. The van der Waals surface area contributed by atoms with Crippen LogP contribution in [-0.4, -0.2) is 35.6 Å². The minimum atomic E-state index is -0.206. The summed E-state index contributed by atoms with van der Waals surface area (Å²) >= 11 is 7.51. The number of carbonyl (C=O) groups excluding carboxylic acids is 2. The number of primary amides is 1. The van der Waals surface area contributed by atoms with Crippen LogP contribution >= 0.6 is 23.4 Å². The summed E-state index contributed by atoms with van der Waals surface area (Å²) in [4.78, 5) is 26.9. The number of nitrogens with one attached hydrogen (secondary N) is 1. The van der Waals surface area contributed by atoms with Gasteiger partial charge < -0.3 is 11.1 Å². The van der Waals surface area contributed by atoms with Gasteiger partial charge in [0.25, 0.3) is 0 Å². The average Bonchev–Trinajstić information content (AvgIpc) is 2.71. The molecule has 3 rings (SSSR count). The highest BCUT2D eigenvalue weighted by molar-refractivity contribution is 7.99. The minimum absolute atomic E-state index is 0.000422. The molecule has 2 aromatic carbocycles. The van der Waals surface area contributed by atoms with Crippen LogP contribution in [-0.2, 0) is 16.1 Å². The van der Waals surface area contributed by atoms with Gasteiger partial charge in [0, 0.05) is 40.9 Å². The lowest BCUT2D eigenvalue weighted by Gasteiger charge is -2.31. The predicted molar refractivity (Wildman–Crippen MR) is 119 cm³/mol. The summed E-state index contributed by atoms with van der Waals surface area (Å²) in [5, 5.41) is 3.65. The monoisotopic (exact) mass is 431 g/mol. The van der Waals surface area contributed by atoms with Crippen LogP contribution in [0.4, 0.5) is 5.69 Å². The van der Waals surface area contributed by atoms with Gasteiger partial charge in [-0.15, -0.1) is 11.8 Å². The maximum atomic E-state index is 12.2. The summed E-state index contributed by atoms with van der Waals surface area (Å²) in [6, 6.07) is 15.5. The van der Waals surface area contributed by atoms with Crippen molar-refractivity contribution in [3.8, 4) is 0 Å². The number of rotatable bonds is 8. The van der Waals surface area contributed by atoms with E-state index in [1.165, 1.54) is 0 Å². The number of likely N-dealkylation sites (tertiary alicyclic amines) is 1. The fourth-order valence-corrected chi connectivity index (χ4v) is 4.38. The van der Waals surface area contributed by atoms with Crippen LogP contribution < -0.4 is 11.1 Å². The second-order valence-electron chi connectivity index (χ2n) is 7.27. The Morgan fingerprint density at radius 3 is 2.55 bits per heavy atom. The molecular formula is C22H26ClN3O2S. The van der Waals surface area contributed by atoms with Crippen molar-refractivity contribution >= 4 is 40.9 Å². The van der Waals surface area contributed by atoms with Gasteiger partial charge in [0.15, 0.2) is 0 Å². The quantitative estimate of drug-likeness (QED) is 0.615. The Morgan fingerprint density at radius 2 is 1.86 bits per heavy atom. The highest BCUT2D eigenvalue weighted by Crippen LogP contribution is 2.22. The molecule has 1 aliphatic heterocycles. The Hall–Kier alpha value is -2.02. The Labute approximate surface area is 181 Å². The molecule has 5 nitrogen and oxygen atoms in total. The van der Waals surface area contributed by atoms with Gasteiger partial charge in [0.1, 0.15) is 0 Å². The Morgan fingerprint density at radius 1 is 1.14 bits per heavy atom. The standard InChI is InChI=1S/C22H26ClN3O2S/c23-18-5-9-20(10-6-18)29-13-11-21(27)25-19-7-3-16(4-8-19)14-26-12-1-2-17(15-26)22(24)28/h3-10,17H,1-2,11-15H2,(H2,24,28)(H,25,27). The molecule has 2 amide bonds. The van der Waals surface area contributed by atoms with E-state index in [0.29, 0.717) is 17.2 Å². The SMILES string of the molecule is NC(=O)C1CCCN(Cc2ccc(NC(=O)CCSc3ccc(Cl)cc3)cc2)C1. The van der Waals surface area contributed by atoms with Crippen molar-refractivity contribution in [2.75, 3.05) is 24.2 Å². The molecule has 7 heteroatoms. The molecule has 0 aliphatic carbocycles. The van der Waals surface area contributed by atoms with Crippen LogP contribution in [0.5, 0.6) is 0 Å². The highest BCUT2D eigenvalue weighted by atomic mass is 35.5. The molecule has 1 fully saturated rings. The predicted octanol–water partition coefficient (Wildman–Crippen LogP) is 4.16. The first-order valence-electron chi connectivity index (χ1n) is 9.78. The molecule has 0 aromatic heterocycles. The van der Waals surface area contributed by atoms with Crippen molar-refractivity contribution in [2.24, 2.45) is 11.7 Å². The molecule has 2 aromatic rings. The lowest BCUT2D eigenvalue weighted by Crippen LogP contribution is -2.40. The molecule has 1 unspecified atom stereocenters. The molecule has 1 heterocycles. The minimum Gasteiger partial charge on any atom is -0.369 e.